The lowest BCUT2D eigenvalue weighted by molar-refractivity contribution is -0.137. The maximum Gasteiger partial charge on any atom is 0.416 e. The van der Waals surface area contributed by atoms with Crippen molar-refractivity contribution in [3.63, 3.8) is 0 Å². The normalized spacial score (nSPS) is 11.6. The number of imidazole rings is 1. The molecule has 0 N–H and O–H groups in total. The van der Waals surface area contributed by atoms with E-state index in [1.165, 1.54) is 18.3 Å². The van der Waals surface area contributed by atoms with Gasteiger partial charge in [0.1, 0.15) is 5.75 Å². The molecule has 3 nitrogen and oxygen atoms in total. The number of nitrogens with zero attached hydrogens (tertiary/aromatic N) is 2. The Morgan fingerprint density at radius 1 is 1.33 bits per heavy atom. The third kappa shape index (κ3) is 2.64. The second-order valence-electron chi connectivity index (χ2n) is 3.62. The van der Waals surface area contributed by atoms with Crippen molar-refractivity contribution in [1.82, 2.24) is 9.55 Å². The van der Waals surface area contributed by atoms with E-state index in [0.717, 1.165) is 12.1 Å². The minimum Gasteiger partial charge on any atom is -0.426 e. The van der Waals surface area contributed by atoms with Crippen LogP contribution in [0.2, 0.25) is 0 Å². The lowest BCUT2D eigenvalue weighted by Crippen LogP contribution is -2.05. The van der Waals surface area contributed by atoms with E-state index in [4.69, 9.17) is 4.74 Å². The zero-order chi connectivity index (χ0) is 13.2. The van der Waals surface area contributed by atoms with Crippen LogP contribution in [0.25, 0.3) is 0 Å². The van der Waals surface area contributed by atoms with Crippen LogP contribution in [-0.4, -0.2) is 9.55 Å². The van der Waals surface area contributed by atoms with Crippen molar-refractivity contribution in [3.05, 3.63) is 42.2 Å². The number of hydrogen-bond acceptors (Lipinski definition) is 2. The maximum absolute atomic E-state index is 12.5. The summed E-state index contributed by atoms with van der Waals surface area (Å²) in [6.45, 7) is 2.52. The van der Waals surface area contributed by atoms with Gasteiger partial charge in [-0.15, -0.1) is 0 Å². The van der Waals surface area contributed by atoms with Gasteiger partial charge >= 0.3 is 12.2 Å². The van der Waals surface area contributed by atoms with Crippen LogP contribution in [0.1, 0.15) is 12.5 Å². The molecule has 18 heavy (non-hydrogen) atoms. The minimum absolute atomic E-state index is 0.116. The Hall–Kier alpha value is -1.98. The molecule has 0 unspecified atom stereocenters. The molecule has 0 amide bonds. The molecular formula is C12H11F3N2O. The van der Waals surface area contributed by atoms with Gasteiger partial charge in [0, 0.05) is 18.9 Å². The highest BCUT2D eigenvalue weighted by atomic mass is 19.4. The van der Waals surface area contributed by atoms with Crippen molar-refractivity contribution < 1.29 is 17.9 Å². The first-order valence-electron chi connectivity index (χ1n) is 5.37. The third-order valence-corrected chi connectivity index (χ3v) is 2.39. The van der Waals surface area contributed by atoms with Crippen LogP contribution in [0.5, 0.6) is 11.8 Å². The summed E-state index contributed by atoms with van der Waals surface area (Å²) in [6.07, 6.45) is -1.14. The van der Waals surface area contributed by atoms with E-state index in [-0.39, 0.29) is 11.8 Å². The molecule has 6 heteroatoms. The van der Waals surface area contributed by atoms with Gasteiger partial charge in [-0.2, -0.15) is 13.2 Å². The summed E-state index contributed by atoms with van der Waals surface area (Å²) < 4.78 is 44.6. The molecule has 0 radical (unpaired) electrons. The molecule has 0 spiro atoms. The number of halogens is 3. The average Bonchev–Trinajstić information content (AvgIpc) is 2.75. The standard InChI is InChI=1S/C12H11F3N2O/c1-2-17-7-6-16-11(17)18-10-5-3-4-9(8-10)12(13,14)15/h3-8H,2H2,1H3. The summed E-state index contributed by atoms with van der Waals surface area (Å²) in [4.78, 5) is 3.93. The quantitative estimate of drug-likeness (QED) is 0.837. The molecular weight excluding hydrogens is 245 g/mol. The molecule has 0 saturated carbocycles. The van der Waals surface area contributed by atoms with Crippen LogP contribution in [0.3, 0.4) is 0 Å². The van der Waals surface area contributed by atoms with Crippen LogP contribution in [-0.2, 0) is 12.7 Å². The Morgan fingerprint density at radius 2 is 2.11 bits per heavy atom. The van der Waals surface area contributed by atoms with Crippen molar-refractivity contribution >= 4 is 0 Å². The Morgan fingerprint density at radius 3 is 2.78 bits per heavy atom. The van der Waals surface area contributed by atoms with Gasteiger partial charge in [-0.1, -0.05) is 6.07 Å². The van der Waals surface area contributed by atoms with Gasteiger partial charge in [0.05, 0.1) is 5.56 Å². The molecule has 0 saturated heterocycles. The van der Waals surface area contributed by atoms with E-state index in [1.807, 2.05) is 6.92 Å². The van der Waals surface area contributed by atoms with Gasteiger partial charge < -0.3 is 9.30 Å². The predicted molar refractivity (Wildman–Crippen MR) is 59.4 cm³/mol. The Labute approximate surface area is 102 Å². The minimum atomic E-state index is -4.38. The van der Waals surface area contributed by atoms with Crippen molar-refractivity contribution in [3.8, 4) is 11.8 Å². The van der Waals surface area contributed by atoms with E-state index in [9.17, 15) is 13.2 Å². The van der Waals surface area contributed by atoms with E-state index in [1.54, 1.807) is 10.8 Å². The number of aryl methyl sites for hydroxylation is 1. The van der Waals surface area contributed by atoms with Crippen LogP contribution in [0.15, 0.2) is 36.7 Å². The molecule has 0 fully saturated rings. The third-order valence-electron chi connectivity index (χ3n) is 2.39. The van der Waals surface area contributed by atoms with Crippen LogP contribution in [0, 0.1) is 0 Å². The van der Waals surface area contributed by atoms with Gasteiger partial charge in [-0.25, -0.2) is 4.98 Å². The van der Waals surface area contributed by atoms with Crippen molar-refractivity contribution in [2.45, 2.75) is 19.6 Å². The summed E-state index contributed by atoms with van der Waals surface area (Å²) in [5.74, 6) is 0.116. The average molecular weight is 256 g/mol. The lowest BCUT2D eigenvalue weighted by atomic mass is 10.2. The summed E-state index contributed by atoms with van der Waals surface area (Å²) in [6, 6.07) is 4.99. The largest absolute Gasteiger partial charge is 0.426 e. The van der Waals surface area contributed by atoms with Crippen LogP contribution >= 0.6 is 0 Å². The van der Waals surface area contributed by atoms with Gasteiger partial charge in [0.2, 0.25) is 0 Å². The van der Waals surface area contributed by atoms with Gasteiger partial charge in [0.15, 0.2) is 0 Å². The van der Waals surface area contributed by atoms with Gasteiger partial charge in [-0.3, -0.25) is 0 Å². The van der Waals surface area contributed by atoms with Crippen LogP contribution < -0.4 is 4.74 Å². The lowest BCUT2D eigenvalue weighted by Gasteiger charge is -2.10. The summed E-state index contributed by atoms with van der Waals surface area (Å²) in [5.41, 5.74) is -0.741. The first-order chi connectivity index (χ1) is 8.50. The van der Waals surface area contributed by atoms with Crippen molar-refractivity contribution in [1.29, 1.82) is 0 Å². The maximum atomic E-state index is 12.5. The molecule has 1 aromatic carbocycles. The molecule has 0 aliphatic rings. The van der Waals surface area contributed by atoms with E-state index in [0.29, 0.717) is 6.54 Å². The fourth-order valence-corrected chi connectivity index (χ4v) is 1.48. The number of benzene rings is 1. The SMILES string of the molecule is CCn1ccnc1Oc1cccc(C(F)(F)F)c1. The van der Waals surface area contributed by atoms with Crippen molar-refractivity contribution in [2.75, 3.05) is 0 Å². The zero-order valence-electron chi connectivity index (χ0n) is 9.61. The smallest absolute Gasteiger partial charge is 0.416 e. The highest BCUT2D eigenvalue weighted by Gasteiger charge is 2.30. The summed E-state index contributed by atoms with van der Waals surface area (Å²) in [5, 5.41) is 0. The molecule has 0 aliphatic heterocycles. The Kier molecular flexibility index (Phi) is 3.27. The Balaban J connectivity index is 2.25. The van der Waals surface area contributed by atoms with E-state index >= 15 is 0 Å². The first-order valence-corrected chi connectivity index (χ1v) is 5.37. The van der Waals surface area contributed by atoms with E-state index in [2.05, 4.69) is 4.98 Å². The molecule has 2 rings (SSSR count). The molecule has 2 aromatic rings. The van der Waals surface area contributed by atoms with Gasteiger partial charge in [-0.05, 0) is 25.1 Å². The molecule has 0 aliphatic carbocycles. The number of rotatable bonds is 3. The fraction of sp³-hybridized carbons (Fsp3) is 0.250. The monoisotopic (exact) mass is 256 g/mol. The van der Waals surface area contributed by atoms with Crippen LogP contribution in [0.4, 0.5) is 13.2 Å². The number of hydrogen-bond donors (Lipinski definition) is 0. The van der Waals surface area contributed by atoms with Gasteiger partial charge in [0.25, 0.3) is 0 Å². The second-order valence-corrected chi connectivity index (χ2v) is 3.62. The van der Waals surface area contributed by atoms with Crippen molar-refractivity contribution in [2.24, 2.45) is 0 Å². The summed E-state index contributed by atoms with van der Waals surface area (Å²) in [7, 11) is 0. The fourth-order valence-electron chi connectivity index (χ4n) is 1.48. The second kappa shape index (κ2) is 4.72. The zero-order valence-corrected chi connectivity index (χ0v) is 9.61. The van der Waals surface area contributed by atoms with E-state index < -0.39 is 11.7 Å². The topological polar surface area (TPSA) is 27.1 Å². The predicted octanol–water partition coefficient (Wildman–Crippen LogP) is 3.71. The highest BCUT2D eigenvalue weighted by Crippen LogP contribution is 2.32. The molecule has 0 bridgehead atoms. The number of ether oxygens (including phenoxy) is 1. The molecule has 1 aromatic heterocycles. The highest BCUT2D eigenvalue weighted by molar-refractivity contribution is 5.32. The first kappa shape index (κ1) is 12.5. The Bertz CT molecular complexity index is 534. The number of alkyl halides is 3. The molecule has 96 valence electrons. The molecule has 0 atom stereocenters. The molecule has 1 heterocycles. The summed E-state index contributed by atoms with van der Waals surface area (Å²) >= 11 is 0. The number of aromatic nitrogens is 2.